The highest BCUT2D eigenvalue weighted by molar-refractivity contribution is 5.05. The molecule has 0 saturated heterocycles. The van der Waals surface area contributed by atoms with Crippen LogP contribution < -0.4 is 5.32 Å². The number of fused-ring (bicyclic) bond motifs is 2. The molecule has 0 aromatic heterocycles. The van der Waals surface area contributed by atoms with Gasteiger partial charge in [-0.05, 0) is 67.7 Å². The van der Waals surface area contributed by atoms with Crippen molar-refractivity contribution >= 4 is 0 Å². The van der Waals surface area contributed by atoms with Gasteiger partial charge in [0.1, 0.15) is 0 Å². The van der Waals surface area contributed by atoms with E-state index < -0.39 is 0 Å². The molecule has 3 saturated carbocycles. The molecule has 0 spiro atoms. The molecule has 0 aromatic carbocycles. The molecule has 0 amide bonds. The predicted octanol–water partition coefficient (Wildman–Crippen LogP) is 4.23. The van der Waals surface area contributed by atoms with E-state index >= 15 is 0 Å². The maximum atomic E-state index is 3.83. The van der Waals surface area contributed by atoms with E-state index in [4.69, 9.17) is 0 Å². The third kappa shape index (κ3) is 2.24. The Morgan fingerprint density at radius 3 is 2.39 bits per heavy atom. The summed E-state index contributed by atoms with van der Waals surface area (Å²) in [5, 5.41) is 3.83. The lowest BCUT2D eigenvalue weighted by molar-refractivity contribution is 0.0748. The minimum absolute atomic E-state index is 0.717. The summed E-state index contributed by atoms with van der Waals surface area (Å²) < 4.78 is 0. The molecule has 3 unspecified atom stereocenters. The van der Waals surface area contributed by atoms with Crippen LogP contribution in [0.3, 0.4) is 0 Å². The first-order chi connectivity index (χ1) is 8.71. The van der Waals surface area contributed by atoms with E-state index in [0.29, 0.717) is 5.41 Å². The fourth-order valence-electron chi connectivity index (χ4n) is 5.44. The summed E-state index contributed by atoms with van der Waals surface area (Å²) in [4.78, 5) is 0. The lowest BCUT2D eigenvalue weighted by Crippen LogP contribution is -2.44. The van der Waals surface area contributed by atoms with Crippen molar-refractivity contribution in [2.75, 3.05) is 13.1 Å². The highest BCUT2D eigenvalue weighted by Crippen LogP contribution is 2.61. The molecule has 1 heteroatoms. The molecule has 0 aromatic rings. The first-order valence-corrected chi connectivity index (χ1v) is 8.41. The van der Waals surface area contributed by atoms with Crippen molar-refractivity contribution in [1.29, 1.82) is 0 Å². The molecule has 2 bridgehead atoms. The minimum atomic E-state index is 0.717. The summed E-state index contributed by atoms with van der Waals surface area (Å²) in [7, 11) is 0. The summed E-state index contributed by atoms with van der Waals surface area (Å²) in [5.41, 5.74) is 0.717. The highest BCUT2D eigenvalue weighted by Gasteiger charge is 2.54. The largest absolute Gasteiger partial charge is 0.316 e. The fourth-order valence-corrected chi connectivity index (χ4v) is 5.44. The van der Waals surface area contributed by atoms with Crippen LogP contribution in [0.15, 0.2) is 0 Å². The van der Waals surface area contributed by atoms with Crippen LogP contribution in [0.25, 0.3) is 0 Å². The van der Waals surface area contributed by atoms with Gasteiger partial charge in [-0.2, -0.15) is 0 Å². The van der Waals surface area contributed by atoms with E-state index in [1.165, 1.54) is 38.8 Å². The van der Waals surface area contributed by atoms with Crippen molar-refractivity contribution in [3.8, 4) is 0 Å². The third-order valence-corrected chi connectivity index (χ3v) is 6.20. The molecule has 104 valence electrons. The molecule has 1 nitrogen and oxygen atoms in total. The Hall–Kier alpha value is -0.0400. The zero-order valence-electron chi connectivity index (χ0n) is 12.4. The van der Waals surface area contributed by atoms with Crippen LogP contribution in [0, 0.1) is 29.1 Å². The van der Waals surface area contributed by atoms with E-state index in [9.17, 15) is 0 Å². The van der Waals surface area contributed by atoms with Crippen LogP contribution >= 0.6 is 0 Å². The van der Waals surface area contributed by atoms with Crippen molar-refractivity contribution in [2.24, 2.45) is 29.1 Å². The van der Waals surface area contributed by atoms with Crippen LogP contribution in [0.2, 0.25) is 0 Å². The van der Waals surface area contributed by atoms with Crippen LogP contribution in [0.5, 0.6) is 0 Å². The molecule has 3 fully saturated rings. The monoisotopic (exact) mass is 249 g/mol. The van der Waals surface area contributed by atoms with E-state index in [-0.39, 0.29) is 0 Å². The van der Waals surface area contributed by atoms with Crippen LogP contribution in [0.4, 0.5) is 0 Å². The Balaban J connectivity index is 1.68. The lowest BCUT2D eigenvalue weighted by Gasteiger charge is -2.43. The van der Waals surface area contributed by atoms with Gasteiger partial charge in [-0.25, -0.2) is 0 Å². The van der Waals surface area contributed by atoms with E-state index in [1.54, 1.807) is 25.7 Å². The summed E-state index contributed by atoms with van der Waals surface area (Å²) in [6.07, 6.45) is 12.3. The Labute approximate surface area is 113 Å². The van der Waals surface area contributed by atoms with E-state index in [0.717, 1.165) is 23.7 Å². The van der Waals surface area contributed by atoms with Crippen molar-refractivity contribution in [1.82, 2.24) is 5.32 Å². The molecule has 0 heterocycles. The van der Waals surface area contributed by atoms with Gasteiger partial charge >= 0.3 is 0 Å². The quantitative estimate of drug-likeness (QED) is 0.769. The second-order valence-corrected chi connectivity index (χ2v) is 7.82. The molecule has 0 radical (unpaired) electrons. The first kappa shape index (κ1) is 13.0. The molecule has 18 heavy (non-hydrogen) atoms. The summed E-state index contributed by atoms with van der Waals surface area (Å²) >= 11 is 0. The average Bonchev–Trinajstić information content (AvgIpc) is 3.05. The van der Waals surface area contributed by atoms with Gasteiger partial charge in [0.2, 0.25) is 0 Å². The molecule has 3 aliphatic rings. The van der Waals surface area contributed by atoms with Crippen molar-refractivity contribution in [2.45, 2.75) is 65.2 Å². The number of nitrogens with one attached hydrogen (secondary N) is 1. The Kier molecular flexibility index (Phi) is 3.71. The molecular weight excluding hydrogens is 218 g/mol. The molecule has 0 aliphatic heterocycles. The lowest BCUT2D eigenvalue weighted by atomic mass is 9.64. The first-order valence-electron chi connectivity index (χ1n) is 8.41. The number of rotatable bonds is 5. The fraction of sp³-hybridized carbons (Fsp3) is 1.00. The van der Waals surface area contributed by atoms with Gasteiger partial charge in [0.05, 0.1) is 0 Å². The molecule has 3 atom stereocenters. The number of hydrogen-bond donors (Lipinski definition) is 1. The molecule has 3 aliphatic carbocycles. The second kappa shape index (κ2) is 5.15. The van der Waals surface area contributed by atoms with Crippen LogP contribution in [-0.2, 0) is 0 Å². The van der Waals surface area contributed by atoms with Gasteiger partial charge in [0.15, 0.2) is 0 Å². The SMILES string of the molecule is CC(C)CNCC1(C2CCCC2)CC2CCC1C2. The average molecular weight is 249 g/mol. The van der Waals surface area contributed by atoms with Gasteiger partial charge in [-0.15, -0.1) is 0 Å². The maximum Gasteiger partial charge on any atom is 0.00133 e. The van der Waals surface area contributed by atoms with Gasteiger partial charge in [0.25, 0.3) is 0 Å². The topological polar surface area (TPSA) is 12.0 Å². The zero-order valence-corrected chi connectivity index (χ0v) is 12.4. The van der Waals surface area contributed by atoms with Gasteiger partial charge in [-0.3, -0.25) is 0 Å². The normalized spacial score (nSPS) is 40.2. The summed E-state index contributed by atoms with van der Waals surface area (Å²) in [6.45, 7) is 7.20. The number of hydrogen-bond acceptors (Lipinski definition) is 1. The van der Waals surface area contributed by atoms with E-state index in [1.807, 2.05) is 0 Å². The van der Waals surface area contributed by atoms with Gasteiger partial charge in [-0.1, -0.05) is 33.1 Å². The summed E-state index contributed by atoms with van der Waals surface area (Å²) in [6, 6.07) is 0. The second-order valence-electron chi connectivity index (χ2n) is 7.82. The standard InChI is InChI=1S/C17H31N/c1-13(2)11-18-12-17(15-5-3-4-6-15)10-14-7-8-16(17)9-14/h13-16,18H,3-12H2,1-2H3. The van der Waals surface area contributed by atoms with Crippen LogP contribution in [-0.4, -0.2) is 13.1 Å². The smallest absolute Gasteiger partial charge is 0.00133 e. The van der Waals surface area contributed by atoms with Crippen LogP contribution in [0.1, 0.15) is 65.2 Å². The Morgan fingerprint density at radius 1 is 1.06 bits per heavy atom. The zero-order chi connectivity index (χ0) is 12.6. The third-order valence-electron chi connectivity index (χ3n) is 6.20. The van der Waals surface area contributed by atoms with Crippen molar-refractivity contribution in [3.63, 3.8) is 0 Å². The molecule has 1 N–H and O–H groups in total. The predicted molar refractivity (Wildman–Crippen MR) is 77.5 cm³/mol. The highest BCUT2D eigenvalue weighted by atomic mass is 14.9. The van der Waals surface area contributed by atoms with Gasteiger partial charge in [0, 0.05) is 6.54 Å². The van der Waals surface area contributed by atoms with Gasteiger partial charge < -0.3 is 5.32 Å². The maximum absolute atomic E-state index is 3.83. The molecular formula is C17H31N. The van der Waals surface area contributed by atoms with Crippen molar-refractivity contribution in [3.05, 3.63) is 0 Å². The van der Waals surface area contributed by atoms with E-state index in [2.05, 4.69) is 19.2 Å². The Bertz CT molecular complexity index is 279. The summed E-state index contributed by atoms with van der Waals surface area (Å²) in [5.74, 6) is 4.03. The Morgan fingerprint density at radius 2 is 1.83 bits per heavy atom. The minimum Gasteiger partial charge on any atom is -0.316 e. The molecule has 3 rings (SSSR count). The van der Waals surface area contributed by atoms with Crippen molar-refractivity contribution < 1.29 is 0 Å².